The normalized spacial score (nSPS) is 35.0. The van der Waals surface area contributed by atoms with Gasteiger partial charge in [0.1, 0.15) is 22.7 Å². The summed E-state index contributed by atoms with van der Waals surface area (Å²) in [4.78, 5) is 27.4. The Labute approximate surface area is 173 Å². The van der Waals surface area contributed by atoms with E-state index in [4.69, 9.17) is 9.47 Å². The Hall–Kier alpha value is -2.70. The highest BCUT2D eigenvalue weighted by Crippen LogP contribution is 2.60. The predicted octanol–water partition coefficient (Wildman–Crippen LogP) is 3.43. The van der Waals surface area contributed by atoms with Crippen molar-refractivity contribution >= 4 is 11.6 Å². The van der Waals surface area contributed by atoms with E-state index >= 15 is 0 Å². The minimum atomic E-state index is -0.968. The number of benzene rings is 1. The Morgan fingerprint density at radius 3 is 2.07 bits per heavy atom. The van der Waals surface area contributed by atoms with Crippen LogP contribution in [0.5, 0.6) is 11.5 Å². The van der Waals surface area contributed by atoms with Gasteiger partial charge in [0.05, 0.1) is 11.1 Å². The van der Waals surface area contributed by atoms with Gasteiger partial charge in [-0.1, -0.05) is 24.3 Å². The number of allylic oxidation sites excluding steroid dienone is 3. The number of ether oxygens (including phenoxy) is 2. The van der Waals surface area contributed by atoms with Crippen molar-refractivity contribution in [1.29, 1.82) is 0 Å². The molecule has 7 aliphatic rings. The van der Waals surface area contributed by atoms with Crippen molar-refractivity contribution in [1.82, 2.24) is 0 Å². The van der Waals surface area contributed by atoms with E-state index in [1.807, 2.05) is 24.3 Å². The number of phenols is 2. The average Bonchev–Trinajstić information content (AvgIpc) is 2.80. The van der Waals surface area contributed by atoms with Gasteiger partial charge in [-0.25, -0.2) is 0 Å². The second kappa shape index (κ2) is 5.50. The maximum absolute atomic E-state index is 13.8. The van der Waals surface area contributed by atoms with Crippen molar-refractivity contribution in [2.45, 2.75) is 42.8 Å². The van der Waals surface area contributed by atoms with Gasteiger partial charge in [0.25, 0.3) is 0 Å². The van der Waals surface area contributed by atoms with Crippen LogP contribution in [0, 0.1) is 5.92 Å². The van der Waals surface area contributed by atoms with Crippen LogP contribution in [0.15, 0.2) is 35.5 Å². The zero-order valence-corrected chi connectivity index (χ0v) is 16.8. The minimum Gasteiger partial charge on any atom is -0.507 e. The van der Waals surface area contributed by atoms with Crippen LogP contribution in [0.4, 0.5) is 0 Å². The Morgan fingerprint density at radius 2 is 1.47 bits per heavy atom. The molecular weight excluding hydrogens is 384 g/mol. The van der Waals surface area contributed by atoms with Gasteiger partial charge in [0.2, 0.25) is 0 Å². The SMILES string of the molecule is CO[C@]12C=C[C@H](CC1)C1=C2C(=O)c2c(O)c3c(c(O)c2C1=O)[C@H]1C=C[C@]3(OC)CC1. The molecule has 30 heavy (non-hydrogen) atoms. The van der Waals surface area contributed by atoms with Crippen LogP contribution in [0.25, 0.3) is 0 Å². The Bertz CT molecular complexity index is 1150. The first kappa shape index (κ1) is 18.1. The largest absolute Gasteiger partial charge is 0.507 e. The summed E-state index contributed by atoms with van der Waals surface area (Å²) in [5.41, 5.74) is -0.458. The number of rotatable bonds is 2. The number of hydrogen-bond donors (Lipinski definition) is 2. The summed E-state index contributed by atoms with van der Waals surface area (Å²) in [6.45, 7) is 0. The lowest BCUT2D eigenvalue weighted by molar-refractivity contribution is 0.00408. The van der Waals surface area contributed by atoms with Crippen molar-refractivity contribution in [3.8, 4) is 11.5 Å². The predicted molar refractivity (Wildman–Crippen MR) is 107 cm³/mol. The van der Waals surface area contributed by atoms with Crippen LogP contribution >= 0.6 is 0 Å². The molecule has 0 radical (unpaired) electrons. The molecule has 0 saturated carbocycles. The maximum Gasteiger partial charge on any atom is 0.197 e. The number of fused-ring (bicyclic) bond motifs is 3. The molecule has 4 bridgehead atoms. The van der Waals surface area contributed by atoms with Gasteiger partial charge in [0.15, 0.2) is 11.6 Å². The van der Waals surface area contributed by atoms with Crippen LogP contribution in [-0.4, -0.2) is 41.6 Å². The van der Waals surface area contributed by atoms with Crippen LogP contribution in [0.2, 0.25) is 0 Å². The van der Waals surface area contributed by atoms with Gasteiger partial charge in [-0.05, 0) is 25.7 Å². The van der Waals surface area contributed by atoms with Gasteiger partial charge in [-0.15, -0.1) is 0 Å². The lowest BCUT2D eigenvalue weighted by atomic mass is 9.60. The van der Waals surface area contributed by atoms with Gasteiger partial charge in [-0.2, -0.15) is 0 Å². The summed E-state index contributed by atoms with van der Waals surface area (Å²) in [6, 6.07) is 0. The third-order valence-corrected chi connectivity index (χ3v) is 7.85. The fourth-order valence-electron chi connectivity index (χ4n) is 6.33. The topological polar surface area (TPSA) is 93.1 Å². The molecule has 6 nitrogen and oxygen atoms in total. The third kappa shape index (κ3) is 1.79. The van der Waals surface area contributed by atoms with E-state index in [9.17, 15) is 19.8 Å². The molecule has 0 heterocycles. The Kier molecular flexibility index (Phi) is 3.32. The first-order valence-electron chi connectivity index (χ1n) is 10.3. The zero-order valence-electron chi connectivity index (χ0n) is 16.8. The molecule has 154 valence electrons. The fraction of sp³-hybridized carbons (Fsp3) is 0.417. The van der Waals surface area contributed by atoms with Gasteiger partial charge in [-0.3, -0.25) is 9.59 Å². The van der Waals surface area contributed by atoms with Gasteiger partial charge < -0.3 is 19.7 Å². The highest BCUT2D eigenvalue weighted by Gasteiger charge is 2.55. The molecule has 8 rings (SSSR count). The number of ketones is 2. The lowest BCUT2D eigenvalue weighted by Crippen LogP contribution is -2.47. The Morgan fingerprint density at radius 1 is 0.867 bits per heavy atom. The number of aromatic hydroxyl groups is 2. The molecule has 0 fully saturated rings. The number of Topliss-reactive ketones (excluding diaryl/α,β-unsaturated/α-hetero) is 2. The molecule has 2 N–H and O–H groups in total. The molecule has 7 aliphatic carbocycles. The second-order valence-electron chi connectivity index (χ2n) is 8.88. The molecule has 1 aromatic rings. The van der Waals surface area contributed by atoms with E-state index < -0.39 is 17.0 Å². The number of carbonyl (C=O) groups excluding carboxylic acids is 2. The third-order valence-electron chi connectivity index (χ3n) is 7.85. The van der Waals surface area contributed by atoms with Crippen molar-refractivity contribution in [3.05, 3.63) is 57.7 Å². The highest BCUT2D eigenvalue weighted by molar-refractivity contribution is 6.30. The minimum absolute atomic E-state index is 0.0746. The fourth-order valence-corrected chi connectivity index (χ4v) is 6.33. The molecule has 0 spiro atoms. The van der Waals surface area contributed by atoms with Crippen LogP contribution in [-0.2, 0) is 15.1 Å². The maximum atomic E-state index is 13.8. The van der Waals surface area contributed by atoms with Gasteiger partial charge >= 0.3 is 0 Å². The first-order chi connectivity index (χ1) is 14.4. The zero-order chi connectivity index (χ0) is 21.0. The van der Waals surface area contributed by atoms with Gasteiger partial charge in [0, 0.05) is 48.3 Å². The Balaban J connectivity index is 1.68. The lowest BCUT2D eigenvalue weighted by Gasteiger charge is -2.47. The van der Waals surface area contributed by atoms with E-state index in [0.717, 1.165) is 6.42 Å². The molecule has 0 aliphatic heterocycles. The molecule has 0 unspecified atom stereocenters. The number of hydrogen-bond acceptors (Lipinski definition) is 6. The molecule has 4 atom stereocenters. The van der Waals surface area contributed by atoms with Crippen LogP contribution < -0.4 is 0 Å². The van der Waals surface area contributed by atoms with E-state index in [-0.39, 0.29) is 40.2 Å². The smallest absolute Gasteiger partial charge is 0.197 e. The standard InChI is InChI=1S/C24H22O6/c1-29-23-7-3-11(4-8-23)13-17(23)21(27)16-15(19(13)25)20(26)14-12-5-9-24(30-2,10-6-12)18(14)22(16)28/h3,5,7,9,11-12,25,27H,4,6,8,10H2,1-2H3/t11-,12+,23-,24+/m0/s1. The van der Waals surface area contributed by atoms with Crippen molar-refractivity contribution in [2.75, 3.05) is 14.2 Å². The summed E-state index contributed by atoms with van der Waals surface area (Å²) in [7, 11) is 3.08. The molecule has 1 aromatic carbocycles. The summed E-state index contributed by atoms with van der Waals surface area (Å²) >= 11 is 0. The van der Waals surface area contributed by atoms with Crippen molar-refractivity contribution in [3.63, 3.8) is 0 Å². The molecule has 6 heteroatoms. The summed E-state index contributed by atoms with van der Waals surface area (Å²) in [5, 5.41) is 22.6. The van der Waals surface area contributed by atoms with E-state index in [1.54, 1.807) is 7.11 Å². The van der Waals surface area contributed by atoms with Crippen molar-refractivity contribution < 1.29 is 29.3 Å². The first-order valence-corrected chi connectivity index (χ1v) is 10.3. The molecule has 0 saturated heterocycles. The highest BCUT2D eigenvalue weighted by atomic mass is 16.5. The van der Waals surface area contributed by atoms with Crippen molar-refractivity contribution in [2.24, 2.45) is 5.92 Å². The summed E-state index contributed by atoms with van der Waals surface area (Å²) < 4.78 is 11.5. The van der Waals surface area contributed by atoms with E-state index in [2.05, 4.69) is 0 Å². The van der Waals surface area contributed by atoms with Crippen LogP contribution in [0.1, 0.15) is 63.4 Å². The summed E-state index contributed by atoms with van der Waals surface area (Å²) in [5.74, 6) is -1.59. The number of phenolic OH excluding ortho intramolecular Hbond substituents is 2. The van der Waals surface area contributed by atoms with E-state index in [1.165, 1.54) is 7.11 Å². The molecule has 0 amide bonds. The van der Waals surface area contributed by atoms with E-state index in [0.29, 0.717) is 41.5 Å². The summed E-state index contributed by atoms with van der Waals surface area (Å²) in [6.07, 6.45) is 10.3. The quantitative estimate of drug-likeness (QED) is 0.577. The molecule has 0 aromatic heterocycles. The van der Waals surface area contributed by atoms with Crippen LogP contribution in [0.3, 0.4) is 0 Å². The number of carbonyl (C=O) groups is 2. The monoisotopic (exact) mass is 406 g/mol. The average molecular weight is 406 g/mol. The molecular formula is C24H22O6. The number of methoxy groups -OCH3 is 2. The second-order valence-corrected chi connectivity index (χ2v) is 8.88.